The molecule has 108 valence electrons. The second kappa shape index (κ2) is 7.57. The van der Waals surface area contributed by atoms with Gasteiger partial charge in [0.05, 0.1) is 0 Å². The molecule has 8 nitrogen and oxygen atoms in total. The Bertz CT molecular complexity index is 343. The quantitative estimate of drug-likeness (QED) is 0.379. The van der Waals surface area contributed by atoms with Gasteiger partial charge in [-0.3, -0.25) is 4.79 Å². The highest BCUT2D eigenvalue weighted by Gasteiger charge is 2.23. The lowest BCUT2D eigenvalue weighted by Crippen LogP contribution is -2.47. The van der Waals surface area contributed by atoms with Crippen molar-refractivity contribution in [2.45, 2.75) is 37.8 Å². The predicted octanol–water partition coefficient (Wildman–Crippen LogP) is -1.21. The van der Waals surface area contributed by atoms with Gasteiger partial charge in [0.25, 0.3) is 0 Å². The molecule has 1 fully saturated rings. The van der Waals surface area contributed by atoms with Crippen molar-refractivity contribution < 1.29 is 24.6 Å². The Balaban J connectivity index is 2.14. The van der Waals surface area contributed by atoms with Crippen LogP contribution in [0.3, 0.4) is 0 Å². The van der Waals surface area contributed by atoms with Crippen LogP contribution in [-0.4, -0.2) is 53.4 Å². The molecule has 1 saturated carbocycles. The molecule has 1 aliphatic carbocycles. The van der Waals surface area contributed by atoms with Crippen molar-refractivity contribution in [2.24, 2.45) is 0 Å². The molecule has 0 saturated heterocycles. The number of carbonyl (C=O) groups is 3. The minimum Gasteiger partial charge on any atom is -0.480 e. The van der Waals surface area contributed by atoms with Gasteiger partial charge in [-0.1, -0.05) is 0 Å². The normalized spacial score (nSPS) is 15.4. The van der Waals surface area contributed by atoms with Gasteiger partial charge < -0.3 is 26.2 Å². The second-order valence-corrected chi connectivity index (χ2v) is 4.40. The fraction of sp³-hybridized carbons (Fsp3) is 0.727. The molecule has 0 aromatic rings. The van der Waals surface area contributed by atoms with Crippen molar-refractivity contribution in [1.29, 1.82) is 0 Å². The summed E-state index contributed by atoms with van der Waals surface area (Å²) in [5, 5.41) is 24.8. The van der Waals surface area contributed by atoms with Gasteiger partial charge in [0.15, 0.2) is 0 Å². The number of nitrogens with one attached hydrogen (secondary N) is 3. The number of hydrogen-bond acceptors (Lipinski definition) is 4. The maximum atomic E-state index is 11.3. The number of aliphatic carboxylic acids is 1. The van der Waals surface area contributed by atoms with E-state index in [1.165, 1.54) is 0 Å². The van der Waals surface area contributed by atoms with Gasteiger partial charge in [-0.15, -0.1) is 0 Å². The highest BCUT2D eigenvalue weighted by atomic mass is 16.4. The van der Waals surface area contributed by atoms with Crippen LogP contribution in [0.15, 0.2) is 0 Å². The van der Waals surface area contributed by atoms with Gasteiger partial charge in [0, 0.05) is 32.0 Å². The topological polar surface area (TPSA) is 128 Å². The van der Waals surface area contributed by atoms with E-state index < -0.39 is 18.0 Å². The molecule has 0 unspecified atom stereocenters. The predicted molar refractivity (Wildman–Crippen MR) is 65.4 cm³/mol. The summed E-state index contributed by atoms with van der Waals surface area (Å²) in [4.78, 5) is 33.4. The molecule has 0 heterocycles. The maximum absolute atomic E-state index is 11.3. The minimum absolute atomic E-state index is 0.0646. The Morgan fingerprint density at radius 3 is 2.47 bits per heavy atom. The first-order chi connectivity index (χ1) is 9.02. The largest absolute Gasteiger partial charge is 0.480 e. The first-order valence-electron chi connectivity index (χ1n) is 6.20. The van der Waals surface area contributed by atoms with Crippen molar-refractivity contribution in [3.05, 3.63) is 0 Å². The third kappa shape index (κ3) is 6.61. The van der Waals surface area contributed by atoms with Crippen LogP contribution in [0.5, 0.6) is 0 Å². The highest BCUT2D eigenvalue weighted by Crippen LogP contribution is 2.18. The summed E-state index contributed by atoms with van der Waals surface area (Å²) in [5.74, 6) is -1.34. The molecule has 3 amide bonds. The molecule has 1 atom stereocenters. The molecule has 0 radical (unpaired) electrons. The number of aliphatic hydroxyl groups excluding tert-OH is 1. The van der Waals surface area contributed by atoms with E-state index in [0.29, 0.717) is 0 Å². The molecule has 5 N–H and O–H groups in total. The van der Waals surface area contributed by atoms with E-state index in [0.717, 1.165) is 12.8 Å². The molecule has 8 heteroatoms. The molecule has 0 aromatic carbocycles. The van der Waals surface area contributed by atoms with Crippen LogP contribution in [0.25, 0.3) is 0 Å². The fourth-order valence-electron chi connectivity index (χ4n) is 1.41. The van der Waals surface area contributed by atoms with Crippen LogP contribution in [0.2, 0.25) is 0 Å². The average molecular weight is 273 g/mol. The van der Waals surface area contributed by atoms with Gasteiger partial charge in [-0.05, 0) is 12.8 Å². The van der Waals surface area contributed by atoms with Crippen LogP contribution >= 0.6 is 0 Å². The second-order valence-electron chi connectivity index (χ2n) is 4.40. The number of urea groups is 1. The lowest BCUT2D eigenvalue weighted by atomic mass is 10.2. The molecule has 0 aliphatic heterocycles. The standard InChI is InChI=1S/C11H19N3O5/c15-6-4-8(10(17)18)14-11(19)12-5-3-9(16)13-7-1-2-7/h7-8,15H,1-6H2,(H,13,16)(H,17,18)(H2,12,14,19)/t8-/m0/s1. The average Bonchev–Trinajstić information content (AvgIpc) is 3.12. The van der Waals surface area contributed by atoms with Crippen molar-refractivity contribution >= 4 is 17.9 Å². The van der Waals surface area contributed by atoms with Crippen molar-refractivity contribution in [1.82, 2.24) is 16.0 Å². The Morgan fingerprint density at radius 1 is 1.26 bits per heavy atom. The zero-order chi connectivity index (χ0) is 14.3. The molecular weight excluding hydrogens is 254 g/mol. The summed E-state index contributed by atoms with van der Waals surface area (Å²) < 4.78 is 0. The molecule has 0 spiro atoms. The first-order valence-corrected chi connectivity index (χ1v) is 6.20. The van der Waals surface area contributed by atoms with Gasteiger partial charge in [-0.25, -0.2) is 9.59 Å². The van der Waals surface area contributed by atoms with E-state index in [1.807, 2.05) is 0 Å². The Morgan fingerprint density at radius 2 is 1.95 bits per heavy atom. The molecular formula is C11H19N3O5. The lowest BCUT2D eigenvalue weighted by molar-refractivity contribution is -0.139. The Kier molecular flexibility index (Phi) is 6.07. The van der Waals surface area contributed by atoms with E-state index in [2.05, 4.69) is 16.0 Å². The van der Waals surface area contributed by atoms with E-state index >= 15 is 0 Å². The van der Waals surface area contributed by atoms with Gasteiger partial charge in [0.1, 0.15) is 6.04 Å². The number of amides is 3. The Hall–Kier alpha value is -1.83. The molecule has 0 bridgehead atoms. The van der Waals surface area contributed by atoms with Gasteiger partial charge >= 0.3 is 12.0 Å². The van der Waals surface area contributed by atoms with Gasteiger partial charge in [0.2, 0.25) is 5.91 Å². The van der Waals surface area contributed by atoms with Crippen LogP contribution in [0.1, 0.15) is 25.7 Å². The van der Waals surface area contributed by atoms with E-state index in [1.54, 1.807) is 0 Å². The lowest BCUT2D eigenvalue weighted by Gasteiger charge is -2.13. The third-order valence-corrected chi connectivity index (χ3v) is 2.60. The van der Waals surface area contributed by atoms with Crippen LogP contribution in [-0.2, 0) is 9.59 Å². The van der Waals surface area contributed by atoms with Crippen LogP contribution in [0, 0.1) is 0 Å². The Labute approximate surface area is 110 Å². The first kappa shape index (κ1) is 15.2. The number of carbonyl (C=O) groups excluding carboxylic acids is 2. The smallest absolute Gasteiger partial charge is 0.326 e. The zero-order valence-corrected chi connectivity index (χ0v) is 10.5. The van der Waals surface area contributed by atoms with E-state index in [9.17, 15) is 14.4 Å². The number of carboxylic acids is 1. The number of rotatable bonds is 8. The van der Waals surface area contributed by atoms with Crippen molar-refractivity contribution in [3.8, 4) is 0 Å². The van der Waals surface area contributed by atoms with Crippen molar-refractivity contribution in [2.75, 3.05) is 13.2 Å². The minimum atomic E-state index is -1.21. The molecule has 0 aromatic heterocycles. The highest BCUT2D eigenvalue weighted by molar-refractivity contribution is 5.83. The maximum Gasteiger partial charge on any atom is 0.326 e. The summed E-state index contributed by atoms with van der Waals surface area (Å²) in [6, 6.07) is -1.52. The fourth-order valence-corrected chi connectivity index (χ4v) is 1.41. The monoisotopic (exact) mass is 273 g/mol. The summed E-state index contributed by atoms with van der Waals surface area (Å²) >= 11 is 0. The molecule has 1 rings (SSSR count). The van der Waals surface area contributed by atoms with Crippen molar-refractivity contribution in [3.63, 3.8) is 0 Å². The molecule has 1 aliphatic rings. The third-order valence-electron chi connectivity index (χ3n) is 2.60. The summed E-state index contributed by atoms with van der Waals surface area (Å²) in [5.41, 5.74) is 0. The zero-order valence-electron chi connectivity index (χ0n) is 10.5. The summed E-state index contributed by atoms with van der Waals surface area (Å²) in [6.45, 7) is -0.198. The SMILES string of the molecule is O=C(CCNC(=O)N[C@@H](CCO)C(=O)O)NC1CC1. The van der Waals surface area contributed by atoms with E-state index in [-0.39, 0.29) is 37.9 Å². The van der Waals surface area contributed by atoms with E-state index in [4.69, 9.17) is 10.2 Å². The number of carboxylic acid groups (broad SMARTS) is 1. The summed E-state index contributed by atoms with van der Waals surface area (Å²) in [7, 11) is 0. The number of aliphatic hydroxyl groups is 1. The van der Waals surface area contributed by atoms with Crippen LogP contribution in [0.4, 0.5) is 4.79 Å². The van der Waals surface area contributed by atoms with Gasteiger partial charge in [-0.2, -0.15) is 0 Å². The van der Waals surface area contributed by atoms with Crippen LogP contribution < -0.4 is 16.0 Å². The molecule has 19 heavy (non-hydrogen) atoms. The number of hydrogen-bond donors (Lipinski definition) is 5. The summed E-state index contributed by atoms with van der Waals surface area (Å²) in [6.07, 6.45) is 2.09.